The number of benzene rings is 1. The number of halogens is 1. The summed E-state index contributed by atoms with van der Waals surface area (Å²) < 4.78 is 0.501. The second-order valence-corrected chi connectivity index (χ2v) is 5.94. The third-order valence-electron chi connectivity index (χ3n) is 3.62. The summed E-state index contributed by atoms with van der Waals surface area (Å²) in [5.74, 6) is -1.09. The van der Waals surface area contributed by atoms with Crippen molar-refractivity contribution in [3.05, 3.63) is 40.9 Å². The number of rotatable bonds is 5. The molecule has 21 heavy (non-hydrogen) atoms. The molecule has 112 valence electrons. The van der Waals surface area contributed by atoms with Gasteiger partial charge in [-0.1, -0.05) is 12.1 Å². The van der Waals surface area contributed by atoms with Crippen molar-refractivity contribution in [3.8, 4) is 5.75 Å². The van der Waals surface area contributed by atoms with Gasteiger partial charge >= 0.3 is 5.97 Å². The topological polar surface area (TPSA) is 77.8 Å². The van der Waals surface area contributed by atoms with E-state index in [4.69, 9.17) is 0 Å². The summed E-state index contributed by atoms with van der Waals surface area (Å²) >= 11 is 3.20. The van der Waals surface area contributed by atoms with E-state index in [-0.39, 0.29) is 24.0 Å². The van der Waals surface area contributed by atoms with E-state index in [0.29, 0.717) is 17.4 Å². The Balaban J connectivity index is 2.20. The fourth-order valence-electron chi connectivity index (χ4n) is 2.45. The Morgan fingerprint density at radius 1 is 1.57 bits per heavy atom. The van der Waals surface area contributed by atoms with Gasteiger partial charge in [0, 0.05) is 25.3 Å². The quantitative estimate of drug-likeness (QED) is 0.795. The van der Waals surface area contributed by atoms with Crippen LogP contribution in [-0.2, 0) is 16.0 Å². The molecule has 6 heteroatoms. The van der Waals surface area contributed by atoms with E-state index in [1.165, 1.54) is 11.0 Å². The number of phenolic OH excluding ortho intramolecular Hbond substituents is 1. The minimum atomic E-state index is -1.03. The van der Waals surface area contributed by atoms with Gasteiger partial charge < -0.3 is 15.1 Å². The van der Waals surface area contributed by atoms with Gasteiger partial charge in [-0.05, 0) is 33.6 Å². The van der Waals surface area contributed by atoms with Crippen LogP contribution in [0.5, 0.6) is 5.75 Å². The van der Waals surface area contributed by atoms with E-state index in [9.17, 15) is 19.8 Å². The number of nitrogens with zero attached hydrogens (tertiary/aromatic N) is 1. The predicted octanol–water partition coefficient (Wildman–Crippen LogP) is 2.18. The van der Waals surface area contributed by atoms with Crippen LogP contribution in [0, 0.1) is 5.92 Å². The number of likely N-dealkylation sites (tertiary alicyclic amines) is 1. The van der Waals surface area contributed by atoms with Crippen molar-refractivity contribution in [2.75, 3.05) is 6.54 Å². The molecular weight excluding hydrogens is 338 g/mol. The van der Waals surface area contributed by atoms with Crippen LogP contribution in [0.15, 0.2) is 35.3 Å². The molecule has 1 heterocycles. The third-order valence-corrected chi connectivity index (χ3v) is 4.26. The number of amides is 1. The minimum absolute atomic E-state index is 0.00547. The second-order valence-electron chi connectivity index (χ2n) is 5.09. The maximum Gasteiger partial charge on any atom is 0.326 e. The Morgan fingerprint density at radius 2 is 2.29 bits per heavy atom. The Morgan fingerprint density at radius 3 is 2.81 bits per heavy atom. The van der Waals surface area contributed by atoms with Gasteiger partial charge in [-0.15, -0.1) is 6.58 Å². The van der Waals surface area contributed by atoms with Gasteiger partial charge in [0.1, 0.15) is 11.8 Å². The van der Waals surface area contributed by atoms with Gasteiger partial charge in [0.25, 0.3) is 0 Å². The normalized spacial score (nSPS) is 19.6. The first-order valence-electron chi connectivity index (χ1n) is 6.54. The number of hydrogen-bond donors (Lipinski definition) is 2. The van der Waals surface area contributed by atoms with Crippen LogP contribution in [0.2, 0.25) is 0 Å². The maximum absolute atomic E-state index is 12.0. The molecule has 1 amide bonds. The molecule has 1 aromatic rings. The van der Waals surface area contributed by atoms with Crippen molar-refractivity contribution in [2.24, 2.45) is 5.92 Å². The molecule has 5 nitrogen and oxygen atoms in total. The molecule has 0 aliphatic carbocycles. The molecule has 1 unspecified atom stereocenters. The minimum Gasteiger partial charge on any atom is -0.507 e. The van der Waals surface area contributed by atoms with Crippen LogP contribution in [0.25, 0.3) is 0 Å². The molecule has 0 saturated carbocycles. The fourth-order valence-corrected chi connectivity index (χ4v) is 2.88. The highest BCUT2D eigenvalue weighted by atomic mass is 79.9. The van der Waals surface area contributed by atoms with Gasteiger partial charge in [0.2, 0.25) is 5.91 Å². The second kappa shape index (κ2) is 6.30. The number of carbonyl (C=O) groups is 2. The van der Waals surface area contributed by atoms with Crippen LogP contribution in [0.1, 0.15) is 12.0 Å². The van der Waals surface area contributed by atoms with E-state index in [2.05, 4.69) is 22.5 Å². The molecule has 1 fully saturated rings. The molecule has 2 rings (SSSR count). The fraction of sp³-hybridized carbons (Fsp3) is 0.333. The highest BCUT2D eigenvalue weighted by Gasteiger charge is 2.36. The zero-order chi connectivity index (χ0) is 15.6. The monoisotopic (exact) mass is 353 g/mol. The summed E-state index contributed by atoms with van der Waals surface area (Å²) in [7, 11) is 0. The molecule has 0 bridgehead atoms. The van der Waals surface area contributed by atoms with Crippen molar-refractivity contribution < 1.29 is 19.8 Å². The average molecular weight is 354 g/mol. The van der Waals surface area contributed by atoms with E-state index in [0.717, 1.165) is 5.56 Å². The average Bonchev–Trinajstić information content (AvgIpc) is 2.80. The van der Waals surface area contributed by atoms with Crippen molar-refractivity contribution in [2.45, 2.75) is 18.9 Å². The predicted molar refractivity (Wildman–Crippen MR) is 81.0 cm³/mol. The summed E-state index contributed by atoms with van der Waals surface area (Å²) in [4.78, 5) is 24.9. The lowest BCUT2D eigenvalue weighted by Crippen LogP contribution is -2.43. The molecule has 2 N–H and O–H groups in total. The highest BCUT2D eigenvalue weighted by molar-refractivity contribution is 9.10. The first-order chi connectivity index (χ1) is 9.92. The molecule has 0 aromatic heterocycles. The number of carboxylic acids is 1. The van der Waals surface area contributed by atoms with Crippen LogP contribution < -0.4 is 0 Å². The van der Waals surface area contributed by atoms with E-state index >= 15 is 0 Å². The maximum atomic E-state index is 12.0. The largest absolute Gasteiger partial charge is 0.507 e. The summed E-state index contributed by atoms with van der Waals surface area (Å²) in [5.41, 5.74) is 0.738. The van der Waals surface area contributed by atoms with E-state index in [1.807, 2.05) is 0 Å². The van der Waals surface area contributed by atoms with Gasteiger partial charge in [-0.25, -0.2) is 4.79 Å². The molecule has 2 atom stereocenters. The van der Waals surface area contributed by atoms with E-state index < -0.39 is 12.0 Å². The van der Waals surface area contributed by atoms with Crippen LogP contribution in [0.3, 0.4) is 0 Å². The SMILES string of the molecule is C=CC1CC(=O)N([C@@H](Cc2ccc(O)c(Br)c2)C(=O)O)C1. The van der Waals surface area contributed by atoms with E-state index in [1.54, 1.807) is 18.2 Å². The smallest absolute Gasteiger partial charge is 0.326 e. The molecule has 1 saturated heterocycles. The lowest BCUT2D eigenvalue weighted by molar-refractivity contribution is -0.148. The van der Waals surface area contributed by atoms with Gasteiger partial charge in [-0.3, -0.25) is 4.79 Å². The summed E-state index contributed by atoms with van der Waals surface area (Å²) in [6.45, 7) is 4.05. The Labute approximate surface area is 131 Å². The third kappa shape index (κ3) is 3.44. The lowest BCUT2D eigenvalue weighted by atomic mass is 10.0. The summed E-state index contributed by atoms with van der Waals surface area (Å²) in [5, 5.41) is 18.9. The first-order valence-corrected chi connectivity index (χ1v) is 7.34. The zero-order valence-electron chi connectivity index (χ0n) is 11.3. The number of phenols is 1. The highest BCUT2D eigenvalue weighted by Crippen LogP contribution is 2.27. The Hall–Kier alpha value is -1.82. The molecule has 0 radical (unpaired) electrons. The number of carbonyl (C=O) groups excluding carboxylic acids is 1. The summed E-state index contributed by atoms with van der Waals surface area (Å²) in [6.07, 6.45) is 2.20. The lowest BCUT2D eigenvalue weighted by Gasteiger charge is -2.24. The number of hydrogen-bond acceptors (Lipinski definition) is 3. The summed E-state index contributed by atoms with van der Waals surface area (Å²) in [6, 6.07) is 3.91. The number of aromatic hydroxyl groups is 1. The van der Waals surface area contributed by atoms with Crippen molar-refractivity contribution >= 4 is 27.8 Å². The van der Waals surface area contributed by atoms with Gasteiger partial charge in [0.15, 0.2) is 0 Å². The van der Waals surface area contributed by atoms with Crippen molar-refractivity contribution in [1.82, 2.24) is 4.90 Å². The Kier molecular flexibility index (Phi) is 4.67. The zero-order valence-corrected chi connectivity index (χ0v) is 12.9. The number of carboxylic acid groups (broad SMARTS) is 1. The number of aliphatic carboxylic acids is 1. The van der Waals surface area contributed by atoms with Crippen molar-refractivity contribution in [3.63, 3.8) is 0 Å². The first kappa shape index (κ1) is 15.6. The molecule has 1 aliphatic rings. The Bertz CT molecular complexity index is 587. The van der Waals surface area contributed by atoms with Crippen LogP contribution >= 0.6 is 15.9 Å². The molecule has 1 aliphatic heterocycles. The molecule has 0 spiro atoms. The molecule has 1 aromatic carbocycles. The standard InChI is InChI=1S/C15H16BrNO4/c1-2-9-7-14(19)17(8-9)12(15(20)21)6-10-3-4-13(18)11(16)5-10/h2-5,9,12,18H,1,6-8H2,(H,20,21)/t9?,12-/m0/s1. The van der Waals surface area contributed by atoms with Gasteiger partial charge in [-0.2, -0.15) is 0 Å². The van der Waals surface area contributed by atoms with Crippen LogP contribution in [0.4, 0.5) is 0 Å². The van der Waals surface area contributed by atoms with Gasteiger partial charge in [0.05, 0.1) is 4.47 Å². The van der Waals surface area contributed by atoms with Crippen molar-refractivity contribution in [1.29, 1.82) is 0 Å². The molecular formula is C15H16BrNO4. The van der Waals surface area contributed by atoms with Crippen LogP contribution in [-0.4, -0.2) is 39.6 Å².